The Morgan fingerprint density at radius 1 is 1.16 bits per heavy atom. The van der Waals surface area contributed by atoms with Crippen LogP contribution in [0.3, 0.4) is 0 Å². The van der Waals surface area contributed by atoms with E-state index in [0.29, 0.717) is 23.1 Å². The maximum Gasteiger partial charge on any atom is 0.141 e. The summed E-state index contributed by atoms with van der Waals surface area (Å²) < 4.78 is 12.7. The van der Waals surface area contributed by atoms with Gasteiger partial charge in [0.05, 0.1) is 24.9 Å². The molecule has 0 saturated heterocycles. The zero-order valence-corrected chi connectivity index (χ0v) is 15.2. The zero-order valence-electron chi connectivity index (χ0n) is 14.4. The van der Waals surface area contributed by atoms with Gasteiger partial charge in [-0.3, -0.25) is 0 Å². The van der Waals surface area contributed by atoms with Crippen LogP contribution < -0.4 is 20.9 Å². The van der Waals surface area contributed by atoms with Crippen molar-refractivity contribution in [3.8, 4) is 22.8 Å². The number of hydrogen-bond donors (Lipinski definition) is 2. The highest BCUT2D eigenvalue weighted by Crippen LogP contribution is 2.38. The summed E-state index contributed by atoms with van der Waals surface area (Å²) in [5.74, 6) is 1.19. The van der Waals surface area contributed by atoms with Gasteiger partial charge >= 0.3 is 0 Å². The second-order valence-electron chi connectivity index (χ2n) is 5.83. The van der Waals surface area contributed by atoms with Gasteiger partial charge in [0.2, 0.25) is 0 Å². The van der Waals surface area contributed by atoms with Crippen LogP contribution in [0.1, 0.15) is 17.2 Å². The first kappa shape index (κ1) is 17.5. The highest BCUT2D eigenvalue weighted by molar-refractivity contribution is 6.32. The summed E-state index contributed by atoms with van der Waals surface area (Å²) in [5, 5.41) is 0.498. The second-order valence-corrected chi connectivity index (χ2v) is 6.24. The number of halogens is 1. The van der Waals surface area contributed by atoms with Gasteiger partial charge in [-0.25, -0.2) is 4.98 Å². The Balaban J connectivity index is 2.15. The standard InChI is InChI=1S/C18H21ClN4O2/c1-10-4-18-22-15(9-23(18)8-12(10)14(21)7-20)11-5-13(19)17(25-3)6-16(11)24-2/h4-6,8-9,14H,7,20-21H2,1-3H3. The zero-order chi connectivity index (χ0) is 18.1. The first-order valence-electron chi connectivity index (χ1n) is 7.85. The van der Waals surface area contributed by atoms with E-state index in [1.807, 2.05) is 29.8 Å². The number of methoxy groups -OCH3 is 2. The molecule has 1 unspecified atom stereocenters. The molecule has 0 bridgehead atoms. The Hall–Kier alpha value is -2.28. The molecule has 0 saturated carbocycles. The van der Waals surface area contributed by atoms with Gasteiger partial charge in [0.15, 0.2) is 0 Å². The molecule has 4 N–H and O–H groups in total. The molecular formula is C18H21ClN4O2. The minimum Gasteiger partial charge on any atom is -0.496 e. The van der Waals surface area contributed by atoms with Gasteiger partial charge in [-0.15, -0.1) is 0 Å². The molecule has 6 nitrogen and oxygen atoms in total. The summed E-state index contributed by atoms with van der Waals surface area (Å²) in [5.41, 5.74) is 16.2. The number of aromatic nitrogens is 2. The van der Waals surface area contributed by atoms with E-state index in [-0.39, 0.29) is 6.04 Å². The predicted octanol–water partition coefficient (Wildman–Crippen LogP) is 2.94. The van der Waals surface area contributed by atoms with Gasteiger partial charge < -0.3 is 25.3 Å². The van der Waals surface area contributed by atoms with Gasteiger partial charge in [0.1, 0.15) is 17.1 Å². The molecule has 25 heavy (non-hydrogen) atoms. The van der Waals surface area contributed by atoms with E-state index in [1.54, 1.807) is 26.4 Å². The monoisotopic (exact) mass is 360 g/mol. The topological polar surface area (TPSA) is 87.8 Å². The van der Waals surface area contributed by atoms with Crippen LogP contribution in [0.5, 0.6) is 11.5 Å². The van der Waals surface area contributed by atoms with Crippen molar-refractivity contribution in [2.24, 2.45) is 11.5 Å². The van der Waals surface area contributed by atoms with Crippen LogP contribution in [-0.4, -0.2) is 30.1 Å². The predicted molar refractivity (Wildman–Crippen MR) is 99.5 cm³/mol. The molecule has 7 heteroatoms. The first-order valence-corrected chi connectivity index (χ1v) is 8.23. The van der Waals surface area contributed by atoms with E-state index >= 15 is 0 Å². The number of nitrogens with zero attached hydrogens (tertiary/aromatic N) is 2. The maximum absolute atomic E-state index is 6.27. The molecule has 132 valence electrons. The molecule has 2 aromatic heterocycles. The molecule has 3 rings (SSSR count). The molecule has 2 heterocycles. The van der Waals surface area contributed by atoms with E-state index in [2.05, 4.69) is 4.98 Å². The van der Waals surface area contributed by atoms with Crippen molar-refractivity contribution >= 4 is 17.2 Å². The number of imidazole rings is 1. The number of ether oxygens (including phenoxy) is 2. The number of aryl methyl sites for hydroxylation is 1. The lowest BCUT2D eigenvalue weighted by Gasteiger charge is -2.12. The van der Waals surface area contributed by atoms with Crippen LogP contribution in [0.25, 0.3) is 16.9 Å². The van der Waals surface area contributed by atoms with E-state index in [9.17, 15) is 0 Å². The minimum absolute atomic E-state index is 0.208. The Bertz CT molecular complexity index is 923. The molecule has 1 atom stereocenters. The number of hydrogen-bond acceptors (Lipinski definition) is 5. The normalized spacial score (nSPS) is 12.4. The van der Waals surface area contributed by atoms with Gasteiger partial charge in [0, 0.05) is 36.6 Å². The van der Waals surface area contributed by atoms with Crippen LogP contribution in [0.15, 0.2) is 30.6 Å². The summed E-state index contributed by atoms with van der Waals surface area (Å²) in [7, 11) is 3.17. The van der Waals surface area contributed by atoms with Crippen LogP contribution in [0.4, 0.5) is 0 Å². The molecule has 3 aromatic rings. The fourth-order valence-corrected chi connectivity index (χ4v) is 3.09. The SMILES string of the molecule is COc1cc(OC)c(-c2cn3cc(C(N)CN)c(C)cc3n2)cc1Cl. The Morgan fingerprint density at radius 3 is 2.52 bits per heavy atom. The van der Waals surface area contributed by atoms with Crippen molar-refractivity contribution in [1.29, 1.82) is 0 Å². The second kappa shape index (κ2) is 6.92. The Labute approximate surface area is 151 Å². The third-order valence-electron chi connectivity index (χ3n) is 4.24. The molecule has 0 amide bonds. The largest absolute Gasteiger partial charge is 0.496 e. The summed E-state index contributed by atoms with van der Waals surface area (Å²) in [6.07, 6.45) is 3.89. The Kier molecular flexibility index (Phi) is 4.85. The van der Waals surface area contributed by atoms with Crippen molar-refractivity contribution < 1.29 is 9.47 Å². The maximum atomic E-state index is 6.27. The molecule has 0 fully saturated rings. The van der Waals surface area contributed by atoms with Gasteiger partial charge in [0.25, 0.3) is 0 Å². The highest BCUT2D eigenvalue weighted by Gasteiger charge is 2.16. The molecule has 0 radical (unpaired) electrons. The molecule has 0 aliphatic carbocycles. The fraction of sp³-hybridized carbons (Fsp3) is 0.278. The number of pyridine rings is 1. The van der Waals surface area contributed by atoms with Crippen molar-refractivity contribution in [3.05, 3.63) is 46.7 Å². The van der Waals surface area contributed by atoms with E-state index < -0.39 is 0 Å². The van der Waals surface area contributed by atoms with Crippen molar-refractivity contribution in [1.82, 2.24) is 9.38 Å². The van der Waals surface area contributed by atoms with Crippen LogP contribution in [0.2, 0.25) is 5.02 Å². The quantitative estimate of drug-likeness (QED) is 0.730. The molecule has 0 spiro atoms. The lowest BCUT2D eigenvalue weighted by Crippen LogP contribution is -2.22. The first-order chi connectivity index (χ1) is 12.0. The number of benzene rings is 1. The average molecular weight is 361 g/mol. The van der Waals surface area contributed by atoms with Crippen LogP contribution in [-0.2, 0) is 0 Å². The van der Waals surface area contributed by atoms with Crippen LogP contribution in [0, 0.1) is 6.92 Å². The summed E-state index contributed by atoms with van der Waals surface area (Å²) >= 11 is 6.27. The van der Waals surface area contributed by atoms with Crippen LogP contribution >= 0.6 is 11.6 Å². The van der Waals surface area contributed by atoms with Gasteiger partial charge in [-0.1, -0.05) is 11.6 Å². The number of rotatable bonds is 5. The lowest BCUT2D eigenvalue weighted by atomic mass is 10.1. The molecule has 0 aliphatic rings. The highest BCUT2D eigenvalue weighted by atomic mass is 35.5. The van der Waals surface area contributed by atoms with Crippen molar-refractivity contribution in [3.63, 3.8) is 0 Å². The molecular weight excluding hydrogens is 340 g/mol. The summed E-state index contributed by atoms with van der Waals surface area (Å²) in [6.45, 7) is 2.39. The Morgan fingerprint density at radius 2 is 1.88 bits per heavy atom. The minimum atomic E-state index is -0.208. The summed E-state index contributed by atoms with van der Waals surface area (Å²) in [6, 6.07) is 5.33. The van der Waals surface area contributed by atoms with Gasteiger partial charge in [-0.2, -0.15) is 0 Å². The molecule has 1 aromatic carbocycles. The van der Waals surface area contributed by atoms with E-state index in [1.165, 1.54) is 0 Å². The van der Waals surface area contributed by atoms with Gasteiger partial charge in [-0.05, 0) is 30.2 Å². The lowest BCUT2D eigenvalue weighted by molar-refractivity contribution is 0.395. The van der Waals surface area contributed by atoms with Crippen molar-refractivity contribution in [2.75, 3.05) is 20.8 Å². The summed E-state index contributed by atoms with van der Waals surface area (Å²) in [4.78, 5) is 4.69. The fourth-order valence-electron chi connectivity index (χ4n) is 2.85. The molecule has 0 aliphatic heterocycles. The van der Waals surface area contributed by atoms with E-state index in [0.717, 1.165) is 28.0 Å². The average Bonchev–Trinajstić information content (AvgIpc) is 3.02. The smallest absolute Gasteiger partial charge is 0.141 e. The number of fused-ring (bicyclic) bond motifs is 1. The van der Waals surface area contributed by atoms with Crippen molar-refractivity contribution in [2.45, 2.75) is 13.0 Å². The number of nitrogens with two attached hydrogens (primary N) is 2. The third kappa shape index (κ3) is 3.16. The third-order valence-corrected chi connectivity index (χ3v) is 4.54. The van der Waals surface area contributed by atoms with E-state index in [4.69, 9.17) is 32.5 Å².